The van der Waals surface area contributed by atoms with Gasteiger partial charge >= 0.3 is 5.97 Å². The van der Waals surface area contributed by atoms with Gasteiger partial charge in [0.25, 0.3) is 0 Å². The minimum Gasteiger partial charge on any atom is -0.477 e. The number of carboxylic acid groups (broad SMARTS) is 1. The van der Waals surface area contributed by atoms with E-state index in [2.05, 4.69) is 11.9 Å². The van der Waals surface area contributed by atoms with Gasteiger partial charge < -0.3 is 5.11 Å². The Hall–Kier alpha value is -2.24. The zero-order chi connectivity index (χ0) is 15.1. The first-order valence-electron chi connectivity index (χ1n) is 7.10. The molecule has 0 aromatic carbocycles. The third kappa shape index (κ3) is 2.11. The number of amides is 2. The first-order chi connectivity index (χ1) is 10.0. The fourth-order valence-corrected chi connectivity index (χ4v) is 3.36. The van der Waals surface area contributed by atoms with Gasteiger partial charge in [-0.1, -0.05) is 13.3 Å². The van der Waals surface area contributed by atoms with Crippen LogP contribution in [0.5, 0.6) is 0 Å². The van der Waals surface area contributed by atoms with E-state index in [-0.39, 0.29) is 29.3 Å². The number of nitrogens with zero attached hydrogens (tertiary/aromatic N) is 2. The summed E-state index contributed by atoms with van der Waals surface area (Å²) in [5.41, 5.74) is 0.251. The van der Waals surface area contributed by atoms with E-state index in [4.69, 9.17) is 5.11 Å². The molecule has 110 valence electrons. The van der Waals surface area contributed by atoms with Crippen LogP contribution in [0.3, 0.4) is 0 Å². The monoisotopic (exact) mass is 288 g/mol. The molecule has 6 heteroatoms. The molecule has 1 saturated carbocycles. The summed E-state index contributed by atoms with van der Waals surface area (Å²) in [6, 6.07) is 2.77. The Morgan fingerprint density at radius 1 is 1.29 bits per heavy atom. The summed E-state index contributed by atoms with van der Waals surface area (Å²) in [7, 11) is 0. The van der Waals surface area contributed by atoms with Crippen LogP contribution in [0.1, 0.15) is 36.7 Å². The summed E-state index contributed by atoms with van der Waals surface area (Å²) in [6.07, 6.45) is 3.80. The number of carbonyl (C=O) groups is 3. The van der Waals surface area contributed by atoms with Crippen LogP contribution in [-0.2, 0) is 9.59 Å². The largest absolute Gasteiger partial charge is 0.477 e. The van der Waals surface area contributed by atoms with E-state index >= 15 is 0 Å². The number of carboxylic acids is 1. The van der Waals surface area contributed by atoms with Crippen molar-refractivity contribution in [2.75, 3.05) is 4.90 Å². The fraction of sp³-hybridized carbons (Fsp3) is 0.467. The van der Waals surface area contributed by atoms with Crippen LogP contribution in [-0.4, -0.2) is 27.9 Å². The highest BCUT2D eigenvalue weighted by atomic mass is 16.4. The lowest BCUT2D eigenvalue weighted by atomic mass is 10.00. The quantitative estimate of drug-likeness (QED) is 0.855. The Bertz CT molecular complexity index is 587. The molecule has 0 spiro atoms. The van der Waals surface area contributed by atoms with Crippen LogP contribution in [0.4, 0.5) is 5.69 Å². The van der Waals surface area contributed by atoms with Gasteiger partial charge in [0, 0.05) is 0 Å². The highest BCUT2D eigenvalue weighted by molar-refractivity contribution is 6.22. The highest BCUT2D eigenvalue weighted by Gasteiger charge is 2.52. The number of pyridine rings is 1. The van der Waals surface area contributed by atoms with E-state index in [1.54, 1.807) is 0 Å². The van der Waals surface area contributed by atoms with Crippen LogP contribution in [0.2, 0.25) is 0 Å². The van der Waals surface area contributed by atoms with E-state index in [9.17, 15) is 14.4 Å². The molecule has 2 aliphatic rings. The molecule has 2 heterocycles. The Morgan fingerprint density at radius 3 is 2.33 bits per heavy atom. The molecular formula is C15H16N2O4. The van der Waals surface area contributed by atoms with Crippen molar-refractivity contribution in [2.24, 2.45) is 17.8 Å². The van der Waals surface area contributed by atoms with Crippen LogP contribution in [0.25, 0.3) is 0 Å². The molecule has 1 aliphatic carbocycles. The van der Waals surface area contributed by atoms with E-state index in [0.717, 1.165) is 19.3 Å². The molecule has 0 radical (unpaired) electrons. The number of hydrogen-bond donors (Lipinski definition) is 1. The third-order valence-electron chi connectivity index (χ3n) is 4.54. The molecule has 2 atom stereocenters. The maximum Gasteiger partial charge on any atom is 0.354 e. The first-order valence-corrected chi connectivity index (χ1v) is 7.10. The Balaban J connectivity index is 1.86. The van der Waals surface area contributed by atoms with Gasteiger partial charge in [-0.3, -0.25) is 9.59 Å². The van der Waals surface area contributed by atoms with E-state index in [1.807, 2.05) is 0 Å². The van der Waals surface area contributed by atoms with Gasteiger partial charge in [-0.05, 0) is 30.9 Å². The standard InChI is InChI=1S/C15H16N2O4/c1-2-8-5-10-11(6-8)14(19)17(13(10)18)9-3-4-12(15(20)21)16-7-9/h3-4,7-8,10-11H,2,5-6H2,1H3,(H,20,21). The van der Waals surface area contributed by atoms with Crippen molar-refractivity contribution >= 4 is 23.5 Å². The number of hydrogen-bond acceptors (Lipinski definition) is 4. The SMILES string of the molecule is CCC1CC2C(=O)N(c3ccc(C(=O)O)nc3)C(=O)C2C1. The summed E-state index contributed by atoms with van der Waals surface area (Å²) in [6.45, 7) is 2.08. The second-order valence-electron chi connectivity index (χ2n) is 5.68. The second kappa shape index (κ2) is 4.95. The average molecular weight is 288 g/mol. The molecule has 2 amide bonds. The van der Waals surface area contributed by atoms with Crippen LogP contribution < -0.4 is 4.90 Å². The summed E-state index contributed by atoms with van der Waals surface area (Å²) >= 11 is 0. The normalized spacial score (nSPS) is 28.0. The van der Waals surface area contributed by atoms with Crippen LogP contribution in [0, 0.1) is 17.8 Å². The van der Waals surface area contributed by atoms with E-state index < -0.39 is 5.97 Å². The summed E-state index contributed by atoms with van der Waals surface area (Å²) < 4.78 is 0. The number of anilines is 1. The predicted octanol–water partition coefficient (Wildman–Crippen LogP) is 1.71. The fourth-order valence-electron chi connectivity index (χ4n) is 3.36. The van der Waals surface area contributed by atoms with Crippen molar-refractivity contribution < 1.29 is 19.5 Å². The zero-order valence-corrected chi connectivity index (χ0v) is 11.7. The number of rotatable bonds is 3. The highest BCUT2D eigenvalue weighted by Crippen LogP contribution is 2.45. The minimum atomic E-state index is -1.14. The number of fused-ring (bicyclic) bond motifs is 1. The van der Waals surface area contributed by atoms with Crippen molar-refractivity contribution in [1.29, 1.82) is 0 Å². The maximum atomic E-state index is 12.4. The smallest absolute Gasteiger partial charge is 0.354 e. The lowest BCUT2D eigenvalue weighted by Gasteiger charge is -2.17. The lowest BCUT2D eigenvalue weighted by Crippen LogP contribution is -2.32. The molecule has 1 saturated heterocycles. The summed E-state index contributed by atoms with van der Waals surface area (Å²) in [5.74, 6) is -1.48. The van der Waals surface area contributed by atoms with Crippen molar-refractivity contribution in [3.63, 3.8) is 0 Å². The topological polar surface area (TPSA) is 87.6 Å². The Labute approximate surface area is 121 Å². The number of imide groups is 1. The van der Waals surface area contributed by atoms with E-state index in [0.29, 0.717) is 11.6 Å². The molecule has 1 aliphatic heterocycles. The minimum absolute atomic E-state index is 0.107. The average Bonchev–Trinajstić information content (AvgIpc) is 3.00. The predicted molar refractivity (Wildman–Crippen MR) is 73.7 cm³/mol. The molecule has 3 rings (SSSR count). The van der Waals surface area contributed by atoms with Crippen LogP contribution >= 0.6 is 0 Å². The van der Waals surface area contributed by atoms with E-state index in [1.165, 1.54) is 23.2 Å². The molecule has 1 aromatic rings. The second-order valence-corrected chi connectivity index (χ2v) is 5.68. The number of aromatic carboxylic acids is 1. The number of carbonyl (C=O) groups excluding carboxylic acids is 2. The Kier molecular flexibility index (Phi) is 3.23. The summed E-state index contributed by atoms with van der Waals surface area (Å²) in [4.78, 5) is 40.6. The van der Waals surface area contributed by atoms with Gasteiger partial charge in [0.05, 0.1) is 23.7 Å². The lowest BCUT2D eigenvalue weighted by molar-refractivity contribution is -0.123. The van der Waals surface area contributed by atoms with Crippen LogP contribution in [0.15, 0.2) is 18.3 Å². The van der Waals surface area contributed by atoms with Gasteiger partial charge in [-0.15, -0.1) is 0 Å². The summed E-state index contributed by atoms with van der Waals surface area (Å²) in [5, 5.41) is 8.82. The molecule has 6 nitrogen and oxygen atoms in total. The maximum absolute atomic E-state index is 12.4. The van der Waals surface area contributed by atoms with Crippen molar-refractivity contribution in [3.8, 4) is 0 Å². The molecule has 1 N–H and O–H groups in total. The van der Waals surface area contributed by atoms with Crippen molar-refractivity contribution in [2.45, 2.75) is 26.2 Å². The van der Waals surface area contributed by atoms with Gasteiger partial charge in [-0.25, -0.2) is 14.7 Å². The third-order valence-corrected chi connectivity index (χ3v) is 4.54. The first kappa shape index (κ1) is 13.7. The molecule has 2 fully saturated rings. The van der Waals surface area contributed by atoms with Gasteiger partial charge in [-0.2, -0.15) is 0 Å². The van der Waals surface area contributed by atoms with Gasteiger partial charge in [0.2, 0.25) is 11.8 Å². The van der Waals surface area contributed by atoms with Crippen molar-refractivity contribution in [3.05, 3.63) is 24.0 Å². The molecule has 1 aromatic heterocycles. The molecule has 2 unspecified atom stereocenters. The molecule has 0 bridgehead atoms. The molecular weight excluding hydrogens is 272 g/mol. The Morgan fingerprint density at radius 2 is 1.90 bits per heavy atom. The van der Waals surface area contributed by atoms with Gasteiger partial charge in [0.1, 0.15) is 5.69 Å². The van der Waals surface area contributed by atoms with Gasteiger partial charge in [0.15, 0.2) is 0 Å². The zero-order valence-electron chi connectivity index (χ0n) is 11.7. The number of aromatic nitrogens is 1. The molecule has 21 heavy (non-hydrogen) atoms. The van der Waals surface area contributed by atoms with Crippen molar-refractivity contribution in [1.82, 2.24) is 4.98 Å².